The number of aromatic nitrogens is 2. The molecule has 2 unspecified atom stereocenters. The van der Waals surface area contributed by atoms with Gasteiger partial charge >= 0.3 is 0 Å². The van der Waals surface area contributed by atoms with Crippen LogP contribution in [-0.4, -0.2) is 50.8 Å². The van der Waals surface area contributed by atoms with E-state index in [4.69, 9.17) is 5.73 Å². The highest BCUT2D eigenvalue weighted by atomic mass is 16.2. The van der Waals surface area contributed by atoms with Crippen molar-refractivity contribution in [2.45, 2.75) is 83.3 Å². The lowest BCUT2D eigenvalue weighted by Gasteiger charge is -2.60. The minimum absolute atomic E-state index is 0.0665. The summed E-state index contributed by atoms with van der Waals surface area (Å²) in [6.45, 7) is 5.51. The molecule has 2 aliphatic heterocycles. The molecule has 7 nitrogen and oxygen atoms in total. The number of nitrogens with one attached hydrogen (secondary N) is 1. The van der Waals surface area contributed by atoms with Crippen LogP contribution in [-0.2, 0) is 11.2 Å². The van der Waals surface area contributed by atoms with Crippen molar-refractivity contribution in [3.8, 4) is 0 Å². The molecule has 2 aromatic heterocycles. The Morgan fingerprint density at radius 3 is 2.59 bits per heavy atom. The van der Waals surface area contributed by atoms with Crippen molar-refractivity contribution in [2.75, 3.05) is 6.54 Å². The van der Waals surface area contributed by atoms with Gasteiger partial charge < -0.3 is 16.0 Å². The van der Waals surface area contributed by atoms with E-state index in [1.165, 1.54) is 19.3 Å². The van der Waals surface area contributed by atoms with E-state index in [0.29, 0.717) is 34.3 Å². The highest BCUT2D eigenvalue weighted by Crippen LogP contribution is 2.61. The van der Waals surface area contributed by atoms with E-state index in [0.717, 1.165) is 38.1 Å². The Morgan fingerprint density at radius 2 is 1.88 bits per heavy atom. The summed E-state index contributed by atoms with van der Waals surface area (Å²) in [5.41, 5.74) is 8.59. The van der Waals surface area contributed by atoms with Gasteiger partial charge in [-0.1, -0.05) is 19.9 Å². The molecule has 4 bridgehead atoms. The van der Waals surface area contributed by atoms with Crippen LogP contribution in [0.4, 0.5) is 0 Å². The lowest BCUT2D eigenvalue weighted by Crippen LogP contribution is -2.54. The molecule has 2 amide bonds. The smallest absolute Gasteiger partial charge is 0.268 e. The SMILES string of the molecule is CC1(C)[C@@H]2CC[C@@H](CNC(=O)c3cccc4nc(CC(=O)N5C6CCC5CC(N)C6)cn34)[C@H]1C2. The molecule has 5 aliphatic rings. The van der Waals surface area contributed by atoms with Crippen LogP contribution in [0.25, 0.3) is 5.65 Å². The molecule has 2 aromatic rings. The summed E-state index contributed by atoms with van der Waals surface area (Å²) in [7, 11) is 0. The number of amides is 2. The average molecular weight is 464 g/mol. The summed E-state index contributed by atoms with van der Waals surface area (Å²) < 4.78 is 1.84. The summed E-state index contributed by atoms with van der Waals surface area (Å²) in [5, 5.41) is 3.20. The lowest BCUT2D eigenvalue weighted by molar-refractivity contribution is -0.135. The van der Waals surface area contributed by atoms with E-state index in [1.807, 2.05) is 28.8 Å². The zero-order chi connectivity index (χ0) is 23.6. The maximum absolute atomic E-state index is 13.2. The van der Waals surface area contributed by atoms with Crippen LogP contribution in [0.2, 0.25) is 0 Å². The number of pyridine rings is 1. The van der Waals surface area contributed by atoms with Gasteiger partial charge in [-0.25, -0.2) is 4.98 Å². The standard InChI is InChI=1S/C27H37N5O2/c1-27(2)17-7-6-16(22(27)10-17)14-29-26(34)23-4-3-5-24-30-19(15-31(23)24)13-25(33)32-20-8-9-21(32)12-18(28)11-20/h3-5,15-18,20-22H,6-14,28H2,1-2H3,(H,29,34)/t16-,17+,18?,20?,21?,22+/m0/s1. The van der Waals surface area contributed by atoms with E-state index < -0.39 is 0 Å². The van der Waals surface area contributed by atoms with Crippen molar-refractivity contribution in [3.63, 3.8) is 0 Å². The second kappa shape index (κ2) is 8.08. The van der Waals surface area contributed by atoms with Crippen molar-refractivity contribution in [3.05, 3.63) is 35.8 Å². The Bertz CT molecular complexity index is 1110. The average Bonchev–Trinajstić information content (AvgIpc) is 3.35. The Kier molecular flexibility index (Phi) is 5.24. The number of imidazole rings is 1. The largest absolute Gasteiger partial charge is 0.350 e. The van der Waals surface area contributed by atoms with Crippen LogP contribution in [0.3, 0.4) is 0 Å². The predicted molar refractivity (Wildman–Crippen MR) is 130 cm³/mol. The minimum atomic E-state index is -0.0665. The van der Waals surface area contributed by atoms with Crippen LogP contribution in [0, 0.1) is 23.2 Å². The van der Waals surface area contributed by atoms with E-state index >= 15 is 0 Å². The Labute approximate surface area is 201 Å². The van der Waals surface area contributed by atoms with Gasteiger partial charge in [0.1, 0.15) is 11.3 Å². The molecule has 0 radical (unpaired) electrons. The molecule has 5 fully saturated rings. The molecule has 3 aliphatic carbocycles. The first-order valence-corrected chi connectivity index (χ1v) is 13.1. The predicted octanol–water partition coefficient (Wildman–Crippen LogP) is 3.16. The number of carbonyl (C=O) groups excluding carboxylic acids is 2. The van der Waals surface area contributed by atoms with Gasteiger partial charge in [0, 0.05) is 30.9 Å². The Balaban J connectivity index is 1.14. The third kappa shape index (κ3) is 3.55. The van der Waals surface area contributed by atoms with Crippen molar-refractivity contribution >= 4 is 17.5 Å². The van der Waals surface area contributed by atoms with Gasteiger partial charge in [0.15, 0.2) is 0 Å². The van der Waals surface area contributed by atoms with Crippen molar-refractivity contribution < 1.29 is 9.59 Å². The molecule has 2 saturated heterocycles. The normalized spacial score (nSPS) is 33.6. The van der Waals surface area contributed by atoms with Crippen molar-refractivity contribution in [2.24, 2.45) is 28.9 Å². The first-order valence-electron chi connectivity index (χ1n) is 13.1. The number of rotatable bonds is 5. The number of hydrogen-bond acceptors (Lipinski definition) is 4. The number of fused-ring (bicyclic) bond motifs is 5. The fourth-order valence-corrected chi connectivity index (χ4v) is 7.73. The minimum Gasteiger partial charge on any atom is -0.350 e. The highest BCUT2D eigenvalue weighted by molar-refractivity contribution is 5.93. The Hall–Kier alpha value is -2.41. The van der Waals surface area contributed by atoms with E-state index in [-0.39, 0.29) is 36.4 Å². The molecule has 34 heavy (non-hydrogen) atoms. The summed E-state index contributed by atoms with van der Waals surface area (Å²) in [6.07, 6.45) is 9.85. The molecule has 7 heteroatoms. The van der Waals surface area contributed by atoms with E-state index in [2.05, 4.69) is 29.0 Å². The topological polar surface area (TPSA) is 92.7 Å². The van der Waals surface area contributed by atoms with Gasteiger partial charge in [-0.15, -0.1) is 0 Å². The fourth-order valence-electron chi connectivity index (χ4n) is 7.73. The number of nitrogens with two attached hydrogens (primary N) is 1. The summed E-state index contributed by atoms with van der Waals surface area (Å²) in [5.74, 6) is 2.21. The molecule has 3 saturated carbocycles. The van der Waals surface area contributed by atoms with E-state index in [1.54, 1.807) is 0 Å². The van der Waals surface area contributed by atoms with Crippen LogP contribution < -0.4 is 11.1 Å². The second-order valence-corrected chi connectivity index (χ2v) is 11.9. The maximum Gasteiger partial charge on any atom is 0.268 e. The van der Waals surface area contributed by atoms with Gasteiger partial charge in [-0.3, -0.25) is 14.0 Å². The van der Waals surface area contributed by atoms with Gasteiger partial charge in [-0.2, -0.15) is 0 Å². The van der Waals surface area contributed by atoms with Crippen LogP contribution in [0.5, 0.6) is 0 Å². The molecule has 0 spiro atoms. The second-order valence-electron chi connectivity index (χ2n) is 11.9. The lowest BCUT2D eigenvalue weighted by atomic mass is 9.45. The van der Waals surface area contributed by atoms with Crippen molar-refractivity contribution in [1.82, 2.24) is 19.6 Å². The maximum atomic E-state index is 13.2. The van der Waals surface area contributed by atoms with Crippen LogP contribution >= 0.6 is 0 Å². The van der Waals surface area contributed by atoms with Gasteiger partial charge in [0.05, 0.1) is 12.1 Å². The number of nitrogens with zero attached hydrogens (tertiary/aromatic N) is 3. The van der Waals surface area contributed by atoms with Gasteiger partial charge in [0.2, 0.25) is 5.91 Å². The molecule has 0 aromatic carbocycles. The van der Waals surface area contributed by atoms with Crippen LogP contribution in [0.15, 0.2) is 24.4 Å². The summed E-state index contributed by atoms with van der Waals surface area (Å²) in [4.78, 5) is 33.0. The molecule has 5 atom stereocenters. The van der Waals surface area contributed by atoms with Crippen LogP contribution in [0.1, 0.15) is 75.0 Å². The number of carbonyl (C=O) groups is 2. The molecule has 3 N–H and O–H groups in total. The zero-order valence-electron chi connectivity index (χ0n) is 20.4. The first kappa shape index (κ1) is 22.1. The first-order chi connectivity index (χ1) is 16.3. The summed E-state index contributed by atoms with van der Waals surface area (Å²) >= 11 is 0. The molecule has 4 heterocycles. The number of hydrogen-bond donors (Lipinski definition) is 2. The quantitative estimate of drug-likeness (QED) is 0.712. The third-order valence-corrected chi connectivity index (χ3v) is 9.69. The van der Waals surface area contributed by atoms with Crippen molar-refractivity contribution in [1.29, 1.82) is 0 Å². The molecule has 7 rings (SSSR count). The monoisotopic (exact) mass is 463 g/mol. The van der Waals surface area contributed by atoms with Gasteiger partial charge in [0.25, 0.3) is 5.91 Å². The molecular formula is C27H37N5O2. The van der Waals surface area contributed by atoms with Gasteiger partial charge in [-0.05, 0) is 80.2 Å². The van der Waals surface area contributed by atoms with E-state index in [9.17, 15) is 9.59 Å². The molecule has 182 valence electrons. The molecular weight excluding hydrogens is 426 g/mol. The summed E-state index contributed by atoms with van der Waals surface area (Å²) in [6, 6.07) is 6.36. The fraction of sp³-hybridized carbons (Fsp3) is 0.667. The highest BCUT2D eigenvalue weighted by Gasteiger charge is 2.54. The number of piperidine rings is 1. The Morgan fingerprint density at radius 1 is 1.12 bits per heavy atom. The third-order valence-electron chi connectivity index (χ3n) is 9.69. The zero-order valence-corrected chi connectivity index (χ0v) is 20.4.